The van der Waals surface area contributed by atoms with Crippen LogP contribution in [0, 0.1) is 0 Å². The standard InChI is InChI=1S/C10H20OS3/c1-12-10(13-2,14-3)9(11)7-5-4-6-8-9/h11H,4-8H2,1-3H3. The molecule has 84 valence electrons. The lowest BCUT2D eigenvalue weighted by molar-refractivity contribution is 0.0132. The van der Waals surface area contributed by atoms with Crippen LogP contribution in [0.1, 0.15) is 32.1 Å². The van der Waals surface area contributed by atoms with Crippen molar-refractivity contribution in [1.29, 1.82) is 0 Å². The molecule has 0 aromatic rings. The Morgan fingerprint density at radius 2 is 1.36 bits per heavy atom. The summed E-state index contributed by atoms with van der Waals surface area (Å²) in [6, 6.07) is 0. The second-order valence-electron chi connectivity index (χ2n) is 3.76. The second kappa shape index (κ2) is 5.37. The minimum absolute atomic E-state index is 0.0621. The minimum Gasteiger partial charge on any atom is -0.387 e. The van der Waals surface area contributed by atoms with E-state index in [1.807, 2.05) is 0 Å². The van der Waals surface area contributed by atoms with E-state index in [-0.39, 0.29) is 3.41 Å². The maximum Gasteiger partial charge on any atom is 0.135 e. The topological polar surface area (TPSA) is 20.2 Å². The Hall–Kier alpha value is 1.01. The molecular formula is C10H20OS3. The van der Waals surface area contributed by atoms with Crippen LogP contribution in [0.3, 0.4) is 0 Å². The van der Waals surface area contributed by atoms with Crippen LogP contribution in [-0.4, -0.2) is 32.9 Å². The van der Waals surface area contributed by atoms with E-state index in [4.69, 9.17) is 0 Å². The van der Waals surface area contributed by atoms with Gasteiger partial charge in [0.2, 0.25) is 0 Å². The van der Waals surface area contributed by atoms with E-state index in [1.165, 1.54) is 19.3 Å². The van der Waals surface area contributed by atoms with Crippen LogP contribution in [0.2, 0.25) is 0 Å². The number of aliphatic hydroxyl groups is 1. The molecule has 1 rings (SSSR count). The summed E-state index contributed by atoms with van der Waals surface area (Å²) >= 11 is 5.40. The van der Waals surface area contributed by atoms with E-state index < -0.39 is 5.60 Å². The first-order chi connectivity index (χ1) is 6.64. The zero-order valence-electron chi connectivity index (χ0n) is 9.21. The fourth-order valence-corrected chi connectivity index (χ4v) is 6.02. The fourth-order valence-electron chi connectivity index (χ4n) is 2.26. The van der Waals surface area contributed by atoms with Crippen LogP contribution in [-0.2, 0) is 0 Å². The second-order valence-corrected chi connectivity index (χ2v) is 7.60. The highest BCUT2D eigenvalue weighted by Gasteiger charge is 2.49. The third-order valence-electron chi connectivity index (χ3n) is 3.06. The lowest BCUT2D eigenvalue weighted by Crippen LogP contribution is -2.48. The predicted molar refractivity (Wildman–Crippen MR) is 71.3 cm³/mol. The molecule has 14 heavy (non-hydrogen) atoms. The summed E-state index contributed by atoms with van der Waals surface area (Å²) in [5.74, 6) is 0. The van der Waals surface area contributed by atoms with Crippen LogP contribution in [0.4, 0.5) is 0 Å². The summed E-state index contributed by atoms with van der Waals surface area (Å²) < 4.78 is -0.0621. The normalized spacial score (nSPS) is 22.3. The molecule has 0 amide bonds. The Morgan fingerprint density at radius 1 is 0.929 bits per heavy atom. The highest BCUT2D eigenvalue weighted by atomic mass is 32.3. The fraction of sp³-hybridized carbons (Fsp3) is 1.00. The largest absolute Gasteiger partial charge is 0.387 e. The minimum atomic E-state index is -0.469. The van der Waals surface area contributed by atoms with Gasteiger partial charge >= 0.3 is 0 Å². The summed E-state index contributed by atoms with van der Waals surface area (Å²) in [6.45, 7) is 0. The van der Waals surface area contributed by atoms with Crippen molar-refractivity contribution in [2.75, 3.05) is 18.8 Å². The smallest absolute Gasteiger partial charge is 0.135 e. The Morgan fingerprint density at radius 3 is 1.71 bits per heavy atom. The molecular weight excluding hydrogens is 232 g/mol. The molecule has 1 nitrogen and oxygen atoms in total. The Kier molecular flexibility index (Phi) is 5.02. The van der Waals surface area contributed by atoms with Gasteiger partial charge in [-0.05, 0) is 31.6 Å². The predicted octanol–water partition coefficient (Wildman–Crippen LogP) is 3.42. The molecule has 1 N–H and O–H groups in total. The van der Waals surface area contributed by atoms with Gasteiger partial charge in [-0.25, -0.2) is 0 Å². The zero-order chi connectivity index (χ0) is 10.7. The summed E-state index contributed by atoms with van der Waals surface area (Å²) in [6.07, 6.45) is 11.9. The molecule has 0 radical (unpaired) electrons. The maximum atomic E-state index is 10.7. The number of hydrogen-bond donors (Lipinski definition) is 1. The van der Waals surface area contributed by atoms with Gasteiger partial charge in [0.25, 0.3) is 0 Å². The van der Waals surface area contributed by atoms with Crippen molar-refractivity contribution in [3.05, 3.63) is 0 Å². The van der Waals surface area contributed by atoms with Gasteiger partial charge in [-0.15, -0.1) is 35.3 Å². The molecule has 0 unspecified atom stereocenters. The molecule has 0 heterocycles. The molecule has 0 bridgehead atoms. The van der Waals surface area contributed by atoms with E-state index in [2.05, 4.69) is 18.8 Å². The van der Waals surface area contributed by atoms with Gasteiger partial charge < -0.3 is 5.11 Å². The van der Waals surface area contributed by atoms with Crippen LogP contribution < -0.4 is 0 Å². The van der Waals surface area contributed by atoms with Crippen LogP contribution in [0.5, 0.6) is 0 Å². The number of thioether (sulfide) groups is 3. The summed E-state index contributed by atoms with van der Waals surface area (Å²) in [5, 5.41) is 10.7. The van der Waals surface area contributed by atoms with E-state index in [0.29, 0.717) is 0 Å². The Labute approximate surface area is 100 Å². The first kappa shape index (κ1) is 13.1. The molecule has 1 aliphatic rings. The van der Waals surface area contributed by atoms with E-state index in [0.717, 1.165) is 12.8 Å². The van der Waals surface area contributed by atoms with Gasteiger partial charge in [-0.1, -0.05) is 19.3 Å². The Bertz CT molecular complexity index is 166. The van der Waals surface area contributed by atoms with Crippen molar-refractivity contribution in [2.45, 2.75) is 41.1 Å². The number of hydrogen-bond acceptors (Lipinski definition) is 4. The van der Waals surface area contributed by atoms with Crippen molar-refractivity contribution < 1.29 is 5.11 Å². The Balaban J connectivity index is 2.83. The summed E-state index contributed by atoms with van der Waals surface area (Å²) in [7, 11) is 0. The van der Waals surface area contributed by atoms with Crippen molar-refractivity contribution in [2.24, 2.45) is 0 Å². The van der Waals surface area contributed by atoms with Gasteiger partial charge in [-0.2, -0.15) is 0 Å². The van der Waals surface area contributed by atoms with Gasteiger partial charge in [-0.3, -0.25) is 0 Å². The third-order valence-corrected chi connectivity index (χ3v) is 8.81. The van der Waals surface area contributed by atoms with Crippen molar-refractivity contribution in [3.63, 3.8) is 0 Å². The van der Waals surface area contributed by atoms with Gasteiger partial charge in [0.15, 0.2) is 0 Å². The molecule has 4 heteroatoms. The SMILES string of the molecule is CSC(SC)(SC)C1(O)CCCCC1. The molecule has 0 aromatic heterocycles. The quantitative estimate of drug-likeness (QED) is 0.773. The van der Waals surface area contributed by atoms with Crippen LogP contribution >= 0.6 is 35.3 Å². The highest BCUT2D eigenvalue weighted by molar-refractivity contribution is 8.33. The van der Waals surface area contributed by atoms with Crippen molar-refractivity contribution >= 4 is 35.3 Å². The molecule has 1 aliphatic carbocycles. The third kappa shape index (κ3) is 2.23. The van der Waals surface area contributed by atoms with Gasteiger partial charge in [0, 0.05) is 0 Å². The first-order valence-corrected chi connectivity index (χ1v) is 8.69. The first-order valence-electron chi connectivity index (χ1n) is 5.02. The highest BCUT2D eigenvalue weighted by Crippen LogP contribution is 2.55. The van der Waals surface area contributed by atoms with Crippen molar-refractivity contribution in [1.82, 2.24) is 0 Å². The van der Waals surface area contributed by atoms with Crippen molar-refractivity contribution in [3.8, 4) is 0 Å². The summed E-state index contributed by atoms with van der Waals surface area (Å²) in [5.41, 5.74) is -0.469. The van der Waals surface area contributed by atoms with Crippen LogP contribution in [0.15, 0.2) is 0 Å². The van der Waals surface area contributed by atoms with E-state index >= 15 is 0 Å². The monoisotopic (exact) mass is 252 g/mol. The zero-order valence-corrected chi connectivity index (χ0v) is 11.7. The van der Waals surface area contributed by atoms with E-state index in [9.17, 15) is 5.11 Å². The molecule has 0 atom stereocenters. The molecule has 1 fully saturated rings. The lowest BCUT2D eigenvalue weighted by Gasteiger charge is -2.46. The average molecular weight is 252 g/mol. The van der Waals surface area contributed by atoms with Gasteiger partial charge in [0.05, 0.1) is 5.60 Å². The average Bonchev–Trinajstić information content (AvgIpc) is 2.22. The molecule has 0 aliphatic heterocycles. The number of rotatable bonds is 4. The van der Waals surface area contributed by atoms with Crippen LogP contribution in [0.25, 0.3) is 0 Å². The molecule has 1 saturated carbocycles. The maximum absolute atomic E-state index is 10.7. The molecule has 0 spiro atoms. The molecule has 0 aromatic carbocycles. The summed E-state index contributed by atoms with van der Waals surface area (Å²) in [4.78, 5) is 0. The lowest BCUT2D eigenvalue weighted by atomic mass is 9.86. The van der Waals surface area contributed by atoms with E-state index in [1.54, 1.807) is 35.3 Å². The van der Waals surface area contributed by atoms with Gasteiger partial charge in [0.1, 0.15) is 3.41 Å². The molecule has 0 saturated heterocycles.